The summed E-state index contributed by atoms with van der Waals surface area (Å²) in [6.07, 6.45) is 1.85. The van der Waals surface area contributed by atoms with Crippen LogP contribution in [0.2, 0.25) is 0 Å². The third-order valence-corrected chi connectivity index (χ3v) is 6.55. The Balaban J connectivity index is 1.62. The zero-order chi connectivity index (χ0) is 22.1. The number of hydrogen-bond acceptors (Lipinski definition) is 2. The smallest absolute Gasteiger partial charge is 0.170 e. The Bertz CT molecular complexity index is 1220. The summed E-state index contributed by atoms with van der Waals surface area (Å²) in [7, 11) is 0. The van der Waals surface area contributed by atoms with Gasteiger partial charge in [0.1, 0.15) is 0 Å². The van der Waals surface area contributed by atoms with Crippen molar-refractivity contribution in [2.45, 2.75) is 32.5 Å². The summed E-state index contributed by atoms with van der Waals surface area (Å²) in [6.45, 7) is 5.12. The molecule has 5 heteroatoms. The van der Waals surface area contributed by atoms with Crippen molar-refractivity contribution in [2.75, 3.05) is 0 Å². The first kappa shape index (κ1) is 20.5. The quantitative estimate of drug-likeness (QED) is 0.408. The van der Waals surface area contributed by atoms with Crippen molar-refractivity contribution in [1.29, 1.82) is 0 Å². The van der Waals surface area contributed by atoms with Crippen LogP contribution in [-0.2, 0) is 6.54 Å². The predicted molar refractivity (Wildman–Crippen MR) is 133 cm³/mol. The molecule has 3 heterocycles. The van der Waals surface area contributed by atoms with E-state index in [1.165, 1.54) is 28.2 Å². The maximum atomic E-state index is 5.85. The van der Waals surface area contributed by atoms with Gasteiger partial charge in [0.2, 0.25) is 0 Å². The third kappa shape index (κ3) is 3.69. The minimum atomic E-state index is -0.0165. The minimum Gasteiger partial charge on any atom is -0.352 e. The molecule has 1 saturated heterocycles. The lowest BCUT2D eigenvalue weighted by Gasteiger charge is -2.28. The molecule has 0 amide bonds. The van der Waals surface area contributed by atoms with Gasteiger partial charge >= 0.3 is 0 Å². The van der Waals surface area contributed by atoms with Crippen LogP contribution in [0.25, 0.3) is 5.69 Å². The zero-order valence-electron chi connectivity index (χ0n) is 18.3. The average Bonchev–Trinajstić information content (AvgIpc) is 3.30. The van der Waals surface area contributed by atoms with Crippen molar-refractivity contribution >= 4 is 17.3 Å². The Kier molecular flexibility index (Phi) is 5.50. The van der Waals surface area contributed by atoms with Crippen LogP contribution in [0.5, 0.6) is 0 Å². The number of hydrogen-bond donors (Lipinski definition) is 1. The number of benzene rings is 2. The molecule has 5 rings (SSSR count). The zero-order valence-corrected chi connectivity index (χ0v) is 19.1. The minimum absolute atomic E-state index is 0.0165. The molecule has 0 unspecified atom stereocenters. The number of para-hydroxylation sites is 1. The number of aryl methyl sites for hydroxylation is 1. The first-order valence-electron chi connectivity index (χ1n) is 10.9. The van der Waals surface area contributed by atoms with Crippen molar-refractivity contribution in [1.82, 2.24) is 19.8 Å². The average molecular weight is 439 g/mol. The highest BCUT2D eigenvalue weighted by Gasteiger charge is 2.41. The third-order valence-electron chi connectivity index (χ3n) is 6.20. The molecule has 0 radical (unpaired) electrons. The van der Waals surface area contributed by atoms with E-state index < -0.39 is 0 Å². The Hall–Kier alpha value is -3.44. The highest BCUT2D eigenvalue weighted by molar-refractivity contribution is 7.80. The van der Waals surface area contributed by atoms with Gasteiger partial charge in [-0.05, 0) is 67.5 Å². The lowest BCUT2D eigenvalue weighted by molar-refractivity contribution is 0.310. The Morgan fingerprint density at radius 3 is 2.28 bits per heavy atom. The molecule has 2 aromatic carbocycles. The van der Waals surface area contributed by atoms with Gasteiger partial charge in [0.15, 0.2) is 5.11 Å². The first-order valence-corrected chi connectivity index (χ1v) is 11.3. The molecule has 1 aliphatic rings. The summed E-state index contributed by atoms with van der Waals surface area (Å²) in [5, 5.41) is 4.33. The van der Waals surface area contributed by atoms with Crippen molar-refractivity contribution in [3.05, 3.63) is 119 Å². The van der Waals surface area contributed by atoms with E-state index >= 15 is 0 Å². The first-order chi connectivity index (χ1) is 15.6. The molecule has 1 aliphatic heterocycles. The fourth-order valence-corrected chi connectivity index (χ4v) is 5.06. The van der Waals surface area contributed by atoms with Crippen molar-refractivity contribution < 1.29 is 0 Å². The highest BCUT2D eigenvalue weighted by Crippen LogP contribution is 2.42. The molecule has 160 valence electrons. The summed E-state index contributed by atoms with van der Waals surface area (Å²) in [4.78, 5) is 6.98. The van der Waals surface area contributed by atoms with E-state index in [4.69, 9.17) is 12.2 Å². The van der Waals surface area contributed by atoms with Gasteiger partial charge in [-0.1, -0.05) is 54.6 Å². The van der Waals surface area contributed by atoms with E-state index in [1.54, 1.807) is 0 Å². The van der Waals surface area contributed by atoms with Gasteiger partial charge in [-0.3, -0.25) is 4.98 Å². The molecule has 4 aromatic rings. The van der Waals surface area contributed by atoms with Gasteiger partial charge in [0.25, 0.3) is 0 Å². The van der Waals surface area contributed by atoms with Gasteiger partial charge in [-0.15, -0.1) is 0 Å². The number of nitrogens with zero attached hydrogens (tertiary/aromatic N) is 3. The van der Waals surface area contributed by atoms with Crippen LogP contribution in [0.1, 0.15) is 40.3 Å². The van der Waals surface area contributed by atoms with Crippen LogP contribution in [-0.4, -0.2) is 19.6 Å². The van der Waals surface area contributed by atoms with Crippen LogP contribution in [0.15, 0.2) is 91.1 Å². The summed E-state index contributed by atoms with van der Waals surface area (Å²) >= 11 is 5.85. The van der Waals surface area contributed by atoms with Gasteiger partial charge in [0.05, 0.1) is 17.8 Å². The SMILES string of the molecule is Cc1cc([C@H]2[C@@H](c3ccccn3)NC(=S)N2Cc2ccccc2)c(C)n1-c1ccccc1. The van der Waals surface area contributed by atoms with Crippen LogP contribution in [0.4, 0.5) is 0 Å². The molecular formula is C27H26N4S. The second kappa shape index (κ2) is 8.60. The summed E-state index contributed by atoms with van der Waals surface area (Å²) in [5.41, 5.74) is 7.11. The normalized spacial score (nSPS) is 18.1. The molecule has 2 aromatic heterocycles. The van der Waals surface area contributed by atoms with Crippen molar-refractivity contribution in [3.8, 4) is 5.69 Å². The van der Waals surface area contributed by atoms with Gasteiger partial charge in [0, 0.05) is 29.8 Å². The topological polar surface area (TPSA) is 33.1 Å². The molecule has 2 atom stereocenters. The Labute approximate surface area is 194 Å². The fraction of sp³-hybridized carbons (Fsp3) is 0.185. The molecular weight excluding hydrogens is 412 g/mol. The van der Waals surface area contributed by atoms with Gasteiger partial charge < -0.3 is 14.8 Å². The summed E-state index contributed by atoms with van der Waals surface area (Å²) in [5.74, 6) is 0. The molecule has 0 spiro atoms. The van der Waals surface area contributed by atoms with E-state index in [2.05, 4.69) is 100 Å². The molecule has 0 saturated carbocycles. The number of pyridine rings is 1. The van der Waals surface area contributed by atoms with Crippen LogP contribution in [0.3, 0.4) is 0 Å². The lowest BCUT2D eigenvalue weighted by Crippen LogP contribution is -2.29. The summed E-state index contributed by atoms with van der Waals surface area (Å²) < 4.78 is 2.33. The maximum Gasteiger partial charge on any atom is 0.170 e. The molecule has 1 fully saturated rings. The fourth-order valence-electron chi connectivity index (χ4n) is 4.76. The van der Waals surface area contributed by atoms with E-state index in [0.29, 0.717) is 0 Å². The van der Waals surface area contributed by atoms with Crippen LogP contribution < -0.4 is 5.32 Å². The second-order valence-corrected chi connectivity index (χ2v) is 8.62. The van der Waals surface area contributed by atoms with Crippen molar-refractivity contribution in [2.24, 2.45) is 0 Å². The largest absolute Gasteiger partial charge is 0.352 e. The van der Waals surface area contributed by atoms with E-state index in [1.807, 2.05) is 24.4 Å². The van der Waals surface area contributed by atoms with E-state index in [0.717, 1.165) is 17.4 Å². The predicted octanol–water partition coefficient (Wildman–Crippen LogP) is 5.66. The van der Waals surface area contributed by atoms with Crippen LogP contribution in [0, 0.1) is 13.8 Å². The second-order valence-electron chi connectivity index (χ2n) is 8.24. The molecule has 0 aliphatic carbocycles. The Morgan fingerprint density at radius 1 is 0.906 bits per heavy atom. The van der Waals surface area contributed by atoms with Gasteiger partial charge in [-0.2, -0.15) is 0 Å². The maximum absolute atomic E-state index is 5.85. The molecule has 1 N–H and O–H groups in total. The summed E-state index contributed by atoms with van der Waals surface area (Å²) in [6, 6.07) is 29.4. The number of nitrogens with one attached hydrogen (secondary N) is 1. The lowest BCUT2D eigenvalue weighted by atomic mass is 9.96. The van der Waals surface area contributed by atoms with E-state index in [9.17, 15) is 0 Å². The Morgan fingerprint density at radius 2 is 1.59 bits per heavy atom. The van der Waals surface area contributed by atoms with Crippen LogP contribution >= 0.6 is 12.2 Å². The molecule has 0 bridgehead atoms. The van der Waals surface area contributed by atoms with Gasteiger partial charge in [-0.25, -0.2) is 0 Å². The number of thiocarbonyl (C=S) groups is 1. The van der Waals surface area contributed by atoms with E-state index in [-0.39, 0.29) is 12.1 Å². The van der Waals surface area contributed by atoms with Crippen molar-refractivity contribution in [3.63, 3.8) is 0 Å². The number of aromatic nitrogens is 2. The highest BCUT2D eigenvalue weighted by atomic mass is 32.1. The molecule has 4 nitrogen and oxygen atoms in total. The number of rotatable bonds is 5. The monoisotopic (exact) mass is 438 g/mol. The molecule has 32 heavy (non-hydrogen) atoms. The standard InChI is InChI=1S/C27H26N4S/c1-19-17-23(20(2)31(19)22-13-7-4-8-14-22)26-25(24-15-9-10-16-28-24)29-27(32)30(26)18-21-11-5-3-6-12-21/h3-17,25-26H,18H2,1-2H3,(H,29,32)/t25-,26+/m1/s1.